The van der Waals surface area contributed by atoms with Gasteiger partial charge >= 0.3 is 0 Å². The Labute approximate surface area is 220 Å². The molecule has 2 N–H and O–H groups in total. The number of amides is 1. The van der Waals surface area contributed by atoms with Crippen LogP contribution < -0.4 is 14.4 Å². The van der Waals surface area contributed by atoms with Crippen LogP contribution in [0.25, 0.3) is 11.3 Å². The molecule has 1 aliphatic heterocycles. The van der Waals surface area contributed by atoms with Crippen LogP contribution in [0.2, 0.25) is 0 Å². The summed E-state index contributed by atoms with van der Waals surface area (Å²) in [7, 11) is -4.18. The van der Waals surface area contributed by atoms with Crippen molar-refractivity contribution in [3.8, 4) is 23.1 Å². The van der Waals surface area contributed by atoms with Gasteiger partial charge in [0.1, 0.15) is 17.4 Å². The van der Waals surface area contributed by atoms with Crippen molar-refractivity contribution in [2.45, 2.75) is 38.1 Å². The SMILES string of the molecule is CC(C)COc1cc(F)cc(-c2ccc(C(=O)NS(=O)(=O)c3ccn[nH]3)c(N3CCC(CC#N)CC3)n2)c1. The quantitative estimate of drug-likeness (QED) is 0.416. The molecular formula is C26H29FN6O4S. The van der Waals surface area contributed by atoms with Gasteiger partial charge in [-0.05, 0) is 55.0 Å². The zero-order valence-corrected chi connectivity index (χ0v) is 22.0. The molecule has 0 atom stereocenters. The monoisotopic (exact) mass is 540 g/mol. The van der Waals surface area contributed by atoms with E-state index in [9.17, 15) is 17.6 Å². The number of halogens is 1. The van der Waals surface area contributed by atoms with Crippen LogP contribution in [0.3, 0.4) is 0 Å². The Kier molecular flexibility index (Phi) is 8.26. The lowest BCUT2D eigenvalue weighted by Crippen LogP contribution is -2.37. The van der Waals surface area contributed by atoms with Crippen LogP contribution in [0.5, 0.6) is 5.75 Å². The molecule has 4 rings (SSSR count). The second-order valence-electron chi connectivity index (χ2n) is 9.60. The molecule has 0 radical (unpaired) electrons. The van der Waals surface area contributed by atoms with Crippen molar-refractivity contribution in [1.82, 2.24) is 19.9 Å². The molecule has 0 aliphatic carbocycles. The van der Waals surface area contributed by atoms with Gasteiger partial charge in [0.25, 0.3) is 15.9 Å². The second-order valence-corrected chi connectivity index (χ2v) is 11.2. The standard InChI is InChI=1S/C26H29FN6O4S/c1-17(2)16-37-21-14-19(13-20(27)15-21)23-4-3-22(26(34)32-38(35,36)24-6-10-29-31-24)25(30-23)33-11-7-18(5-9-28)8-12-33/h3-4,6,10,13-15,17-18H,5,7-8,11-12,16H2,1-2H3,(H,29,31)(H,32,34). The lowest BCUT2D eigenvalue weighted by Gasteiger charge is -2.33. The van der Waals surface area contributed by atoms with Crippen LogP contribution in [0.4, 0.5) is 10.2 Å². The first-order valence-electron chi connectivity index (χ1n) is 12.3. The summed E-state index contributed by atoms with van der Waals surface area (Å²) in [5.74, 6) is -0.207. The number of H-pyrrole nitrogens is 1. The third-order valence-corrected chi connectivity index (χ3v) is 7.42. The van der Waals surface area contributed by atoms with Gasteiger partial charge in [-0.3, -0.25) is 9.89 Å². The number of piperidine rings is 1. The molecular weight excluding hydrogens is 511 g/mol. The van der Waals surface area contributed by atoms with Gasteiger partial charge in [-0.25, -0.2) is 14.1 Å². The van der Waals surface area contributed by atoms with Crippen molar-refractivity contribution in [1.29, 1.82) is 5.26 Å². The van der Waals surface area contributed by atoms with E-state index in [1.807, 2.05) is 18.7 Å². The van der Waals surface area contributed by atoms with Crippen molar-refractivity contribution in [2.75, 3.05) is 24.6 Å². The molecule has 0 spiro atoms. The Morgan fingerprint density at radius 2 is 2.03 bits per heavy atom. The molecule has 3 heterocycles. The van der Waals surface area contributed by atoms with Crippen LogP contribution in [0, 0.1) is 29.0 Å². The van der Waals surface area contributed by atoms with Crippen molar-refractivity contribution >= 4 is 21.7 Å². The van der Waals surface area contributed by atoms with Crippen LogP contribution in [0.1, 0.15) is 43.5 Å². The maximum atomic E-state index is 14.5. The number of nitrogens with one attached hydrogen (secondary N) is 2. The average Bonchev–Trinajstić information content (AvgIpc) is 3.44. The van der Waals surface area contributed by atoms with E-state index in [2.05, 4.69) is 21.0 Å². The maximum Gasteiger partial charge on any atom is 0.281 e. The number of carbonyl (C=O) groups is 1. The molecule has 1 fully saturated rings. The van der Waals surface area contributed by atoms with Gasteiger partial charge in [0.15, 0.2) is 5.03 Å². The minimum atomic E-state index is -4.18. The number of pyridine rings is 1. The molecule has 0 unspecified atom stereocenters. The number of ether oxygens (including phenoxy) is 1. The first kappa shape index (κ1) is 27.1. The van der Waals surface area contributed by atoms with E-state index in [1.54, 1.807) is 12.1 Å². The predicted octanol–water partition coefficient (Wildman–Crippen LogP) is 3.89. The third-order valence-electron chi connectivity index (χ3n) is 6.16. The minimum Gasteiger partial charge on any atom is -0.493 e. The van der Waals surface area contributed by atoms with Crippen LogP contribution in [0.15, 0.2) is 47.6 Å². The lowest BCUT2D eigenvalue weighted by molar-refractivity contribution is 0.0981. The van der Waals surface area contributed by atoms with Gasteiger partial charge in [-0.2, -0.15) is 18.8 Å². The van der Waals surface area contributed by atoms with Crippen LogP contribution in [-0.2, 0) is 10.0 Å². The Hall–Kier alpha value is -3.98. The number of hydrogen-bond acceptors (Lipinski definition) is 8. The molecule has 38 heavy (non-hydrogen) atoms. The van der Waals surface area contributed by atoms with E-state index < -0.39 is 21.7 Å². The highest BCUT2D eigenvalue weighted by molar-refractivity contribution is 7.90. The van der Waals surface area contributed by atoms with Crippen molar-refractivity contribution in [3.05, 3.63) is 54.0 Å². The summed E-state index contributed by atoms with van der Waals surface area (Å²) < 4.78 is 47.5. The van der Waals surface area contributed by atoms with Gasteiger partial charge in [0, 0.05) is 31.1 Å². The highest BCUT2D eigenvalue weighted by atomic mass is 32.2. The molecule has 12 heteroatoms. The smallest absolute Gasteiger partial charge is 0.281 e. The number of benzene rings is 1. The highest BCUT2D eigenvalue weighted by Gasteiger charge is 2.27. The number of hydrogen-bond donors (Lipinski definition) is 2. The fourth-order valence-electron chi connectivity index (χ4n) is 4.19. The number of aromatic amines is 1. The number of anilines is 1. The molecule has 1 saturated heterocycles. The first-order valence-corrected chi connectivity index (χ1v) is 13.8. The molecule has 200 valence electrons. The second kappa shape index (κ2) is 11.6. The zero-order valence-electron chi connectivity index (χ0n) is 21.1. The van der Waals surface area contributed by atoms with E-state index in [1.165, 1.54) is 30.5 Å². The van der Waals surface area contributed by atoms with Gasteiger partial charge in [0.05, 0.1) is 30.1 Å². The van der Waals surface area contributed by atoms with Crippen molar-refractivity contribution in [3.63, 3.8) is 0 Å². The largest absolute Gasteiger partial charge is 0.493 e. The Morgan fingerprint density at radius 3 is 2.68 bits per heavy atom. The van der Waals surface area contributed by atoms with E-state index in [0.29, 0.717) is 43.1 Å². The minimum absolute atomic E-state index is 0.0586. The van der Waals surface area contributed by atoms with E-state index in [-0.39, 0.29) is 28.2 Å². The summed E-state index contributed by atoms with van der Waals surface area (Å²) in [5, 5.41) is 14.8. The summed E-state index contributed by atoms with van der Waals surface area (Å²) in [6.07, 6.45) is 3.16. The number of sulfonamides is 1. The Bertz CT molecular complexity index is 1430. The summed E-state index contributed by atoms with van der Waals surface area (Å²) in [4.78, 5) is 19.8. The number of rotatable bonds is 9. The Balaban J connectivity index is 1.69. The van der Waals surface area contributed by atoms with Gasteiger partial charge in [-0.1, -0.05) is 13.8 Å². The van der Waals surface area contributed by atoms with Gasteiger partial charge in [0.2, 0.25) is 0 Å². The number of nitriles is 1. The molecule has 3 aromatic rings. The number of nitrogens with zero attached hydrogens (tertiary/aromatic N) is 4. The zero-order chi connectivity index (χ0) is 27.3. The molecule has 1 aliphatic rings. The number of aromatic nitrogens is 3. The molecule has 2 aromatic heterocycles. The van der Waals surface area contributed by atoms with E-state index in [4.69, 9.17) is 15.0 Å². The summed E-state index contributed by atoms with van der Waals surface area (Å²) >= 11 is 0. The fourth-order valence-corrected chi connectivity index (χ4v) is 5.06. The van der Waals surface area contributed by atoms with Gasteiger partial charge < -0.3 is 9.64 Å². The summed E-state index contributed by atoms with van der Waals surface area (Å²) in [6, 6.07) is 10.8. The Morgan fingerprint density at radius 1 is 1.26 bits per heavy atom. The van der Waals surface area contributed by atoms with Crippen molar-refractivity contribution < 1.29 is 22.3 Å². The topological polar surface area (TPSA) is 141 Å². The fraction of sp³-hybridized carbons (Fsp3) is 0.385. The first-order chi connectivity index (χ1) is 18.2. The molecule has 1 amide bonds. The van der Waals surface area contributed by atoms with Crippen molar-refractivity contribution in [2.24, 2.45) is 11.8 Å². The van der Waals surface area contributed by atoms with E-state index >= 15 is 0 Å². The molecule has 0 bridgehead atoms. The van der Waals surface area contributed by atoms with Crippen LogP contribution in [-0.4, -0.2) is 49.2 Å². The normalized spacial score (nSPS) is 14.3. The number of carbonyl (C=O) groups excluding carboxylic acids is 1. The lowest BCUT2D eigenvalue weighted by atomic mass is 9.94. The van der Waals surface area contributed by atoms with E-state index in [0.717, 1.165) is 12.8 Å². The third kappa shape index (κ3) is 6.47. The van der Waals surface area contributed by atoms with Gasteiger partial charge in [-0.15, -0.1) is 0 Å². The predicted molar refractivity (Wildman–Crippen MR) is 138 cm³/mol. The highest BCUT2D eigenvalue weighted by Crippen LogP contribution is 2.31. The maximum absolute atomic E-state index is 14.5. The summed E-state index contributed by atoms with van der Waals surface area (Å²) in [6.45, 7) is 5.46. The molecule has 1 aromatic carbocycles. The van der Waals surface area contributed by atoms with Crippen LogP contribution >= 0.6 is 0 Å². The molecule has 10 nitrogen and oxygen atoms in total. The summed E-state index contributed by atoms with van der Waals surface area (Å²) in [5.41, 5.74) is 0.922. The average molecular weight is 541 g/mol. The molecule has 0 saturated carbocycles.